The van der Waals surface area contributed by atoms with Crippen molar-refractivity contribution in [3.05, 3.63) is 48.5 Å². The number of aliphatic hydroxyl groups excluding tert-OH is 1. The molecule has 5 rings (SSSR count). The molecule has 3 aliphatic rings. The first-order valence-electron chi connectivity index (χ1n) is 12.4. The van der Waals surface area contributed by atoms with Gasteiger partial charge in [0, 0.05) is 43.6 Å². The molecule has 0 saturated carbocycles. The highest BCUT2D eigenvalue weighted by molar-refractivity contribution is 5.90. The first kappa shape index (κ1) is 24.2. The number of carbonyl (C=O) groups excluding carboxylic acids is 2. The third-order valence-electron chi connectivity index (χ3n) is 6.90. The van der Waals surface area contributed by atoms with Gasteiger partial charge in [-0.1, -0.05) is 18.2 Å². The smallest absolute Gasteiger partial charge is 0.319 e. The van der Waals surface area contributed by atoms with Crippen molar-refractivity contribution >= 4 is 23.3 Å². The lowest BCUT2D eigenvalue weighted by molar-refractivity contribution is -0.140. The Morgan fingerprint density at radius 1 is 0.972 bits per heavy atom. The number of urea groups is 1. The third kappa shape index (κ3) is 5.66. The number of hydrogen-bond acceptors (Lipinski definition) is 7. The van der Waals surface area contributed by atoms with Gasteiger partial charge in [0.1, 0.15) is 6.10 Å². The topological polar surface area (TPSA) is 113 Å². The minimum Gasteiger partial charge on any atom is -0.454 e. The molecule has 192 valence electrons. The van der Waals surface area contributed by atoms with Crippen LogP contribution in [0.5, 0.6) is 11.5 Å². The molecule has 2 fully saturated rings. The number of benzene rings is 2. The monoisotopic (exact) mass is 496 g/mol. The van der Waals surface area contributed by atoms with Crippen LogP contribution in [-0.4, -0.2) is 79.8 Å². The number of carbonyl (C=O) groups is 2. The average molecular weight is 497 g/mol. The van der Waals surface area contributed by atoms with Gasteiger partial charge in [0.15, 0.2) is 11.5 Å². The van der Waals surface area contributed by atoms with Crippen LogP contribution in [-0.2, 0) is 9.53 Å². The summed E-state index contributed by atoms with van der Waals surface area (Å²) >= 11 is 0. The molecular weight excluding hydrogens is 464 g/mol. The minimum absolute atomic E-state index is 0.0661. The van der Waals surface area contributed by atoms with Crippen LogP contribution in [0.2, 0.25) is 0 Å². The number of para-hydroxylation sites is 1. The summed E-state index contributed by atoms with van der Waals surface area (Å²) in [6.45, 7) is 2.86. The van der Waals surface area contributed by atoms with Crippen LogP contribution in [0.4, 0.5) is 16.2 Å². The summed E-state index contributed by atoms with van der Waals surface area (Å²) in [5.41, 5.74) is 1.75. The van der Waals surface area contributed by atoms with Crippen molar-refractivity contribution < 1.29 is 28.9 Å². The van der Waals surface area contributed by atoms with E-state index in [4.69, 9.17) is 14.2 Å². The molecule has 0 unspecified atom stereocenters. The van der Waals surface area contributed by atoms with E-state index in [1.54, 1.807) is 18.2 Å². The maximum absolute atomic E-state index is 12.9. The number of amides is 3. The van der Waals surface area contributed by atoms with Crippen LogP contribution in [0.3, 0.4) is 0 Å². The van der Waals surface area contributed by atoms with Crippen molar-refractivity contribution in [2.75, 3.05) is 49.8 Å². The Morgan fingerprint density at radius 3 is 2.53 bits per heavy atom. The van der Waals surface area contributed by atoms with Crippen LogP contribution in [0, 0.1) is 0 Å². The van der Waals surface area contributed by atoms with E-state index < -0.39 is 12.1 Å². The van der Waals surface area contributed by atoms with E-state index in [9.17, 15) is 14.7 Å². The van der Waals surface area contributed by atoms with Gasteiger partial charge in [0.25, 0.3) is 0 Å². The van der Waals surface area contributed by atoms with E-state index >= 15 is 0 Å². The zero-order chi connectivity index (χ0) is 24.9. The fourth-order valence-electron chi connectivity index (χ4n) is 4.93. The molecule has 0 aromatic heterocycles. The first-order chi connectivity index (χ1) is 17.6. The SMILES string of the molecule is O=C(Nc1ccc2c(c1)OCO2)N[C@H]1CC[C@@H](CC(=O)N2CCN(c3ccccc3)CC2)O[C@@H]1CO. The molecule has 3 amide bonds. The molecule has 3 atom stereocenters. The molecule has 2 aromatic carbocycles. The summed E-state index contributed by atoms with van der Waals surface area (Å²) in [6, 6.07) is 14.6. The van der Waals surface area contributed by atoms with E-state index in [0.29, 0.717) is 43.1 Å². The van der Waals surface area contributed by atoms with E-state index in [-0.39, 0.29) is 37.9 Å². The molecule has 36 heavy (non-hydrogen) atoms. The minimum atomic E-state index is -0.575. The van der Waals surface area contributed by atoms with E-state index in [2.05, 4.69) is 27.7 Å². The second-order valence-electron chi connectivity index (χ2n) is 9.24. The fraction of sp³-hybridized carbons (Fsp3) is 0.462. The van der Waals surface area contributed by atoms with Gasteiger partial charge in [-0.15, -0.1) is 0 Å². The van der Waals surface area contributed by atoms with Crippen LogP contribution in [0.1, 0.15) is 19.3 Å². The van der Waals surface area contributed by atoms with Crippen LogP contribution in [0.15, 0.2) is 48.5 Å². The predicted molar refractivity (Wildman–Crippen MR) is 133 cm³/mol. The van der Waals surface area contributed by atoms with Crippen molar-refractivity contribution in [1.82, 2.24) is 10.2 Å². The number of nitrogens with zero attached hydrogens (tertiary/aromatic N) is 2. The van der Waals surface area contributed by atoms with Crippen LogP contribution in [0.25, 0.3) is 0 Å². The molecule has 0 bridgehead atoms. The van der Waals surface area contributed by atoms with Gasteiger partial charge in [0.2, 0.25) is 12.7 Å². The molecule has 0 radical (unpaired) electrons. The average Bonchev–Trinajstić information content (AvgIpc) is 3.38. The Hall–Kier alpha value is -3.50. The molecule has 0 aliphatic carbocycles. The number of anilines is 2. The zero-order valence-electron chi connectivity index (χ0n) is 20.1. The largest absolute Gasteiger partial charge is 0.454 e. The van der Waals surface area contributed by atoms with Crippen molar-refractivity contribution in [1.29, 1.82) is 0 Å². The molecule has 2 aromatic rings. The standard InChI is InChI=1S/C26H32N4O6/c31-16-24-21(28-26(33)27-18-6-9-22-23(14-18)35-17-34-22)8-7-20(36-24)15-25(32)30-12-10-29(11-13-30)19-4-2-1-3-5-19/h1-6,9,14,20-21,24,31H,7-8,10-13,15-17H2,(H2,27,28,33)/t20-,21-,24+/m0/s1. The molecule has 3 aliphatic heterocycles. The van der Waals surface area contributed by atoms with E-state index in [0.717, 1.165) is 13.1 Å². The Bertz CT molecular complexity index is 1060. The molecule has 10 nitrogen and oxygen atoms in total. The molecule has 0 spiro atoms. The highest BCUT2D eigenvalue weighted by Crippen LogP contribution is 2.34. The Balaban J connectivity index is 1.07. The van der Waals surface area contributed by atoms with Gasteiger partial charge in [-0.05, 0) is 37.1 Å². The summed E-state index contributed by atoms with van der Waals surface area (Å²) in [7, 11) is 0. The van der Waals surface area contributed by atoms with Crippen LogP contribution >= 0.6 is 0 Å². The van der Waals surface area contributed by atoms with Gasteiger partial charge in [0.05, 0.1) is 25.2 Å². The van der Waals surface area contributed by atoms with Crippen molar-refractivity contribution in [2.24, 2.45) is 0 Å². The third-order valence-corrected chi connectivity index (χ3v) is 6.90. The number of fused-ring (bicyclic) bond motifs is 1. The number of hydrogen-bond donors (Lipinski definition) is 3. The van der Waals surface area contributed by atoms with Crippen molar-refractivity contribution in [3.63, 3.8) is 0 Å². The van der Waals surface area contributed by atoms with Gasteiger partial charge in [-0.25, -0.2) is 4.79 Å². The highest BCUT2D eigenvalue weighted by Gasteiger charge is 2.34. The van der Waals surface area contributed by atoms with Crippen molar-refractivity contribution in [2.45, 2.75) is 37.5 Å². The summed E-state index contributed by atoms with van der Waals surface area (Å²) in [4.78, 5) is 29.6. The number of piperazine rings is 1. The fourth-order valence-corrected chi connectivity index (χ4v) is 4.93. The summed E-state index contributed by atoms with van der Waals surface area (Å²) < 4.78 is 16.6. The molecule has 3 heterocycles. The van der Waals surface area contributed by atoms with E-state index in [1.165, 1.54) is 5.69 Å². The summed E-state index contributed by atoms with van der Waals surface area (Å²) in [6.07, 6.45) is 0.657. The first-order valence-corrected chi connectivity index (χ1v) is 12.4. The summed E-state index contributed by atoms with van der Waals surface area (Å²) in [5, 5.41) is 15.5. The number of rotatable bonds is 6. The van der Waals surface area contributed by atoms with Gasteiger partial charge in [-0.2, -0.15) is 0 Å². The lowest BCUT2D eigenvalue weighted by Gasteiger charge is -2.38. The number of ether oxygens (including phenoxy) is 3. The Morgan fingerprint density at radius 2 is 1.75 bits per heavy atom. The second-order valence-corrected chi connectivity index (χ2v) is 9.24. The van der Waals surface area contributed by atoms with Gasteiger partial charge < -0.3 is 39.8 Å². The van der Waals surface area contributed by atoms with Crippen LogP contribution < -0.4 is 25.0 Å². The van der Waals surface area contributed by atoms with E-state index in [1.807, 2.05) is 23.1 Å². The predicted octanol–water partition coefficient (Wildman–Crippen LogP) is 2.18. The normalized spacial score (nSPS) is 23.3. The molecule has 10 heteroatoms. The number of aliphatic hydroxyl groups is 1. The highest BCUT2D eigenvalue weighted by atomic mass is 16.7. The van der Waals surface area contributed by atoms with Crippen molar-refractivity contribution in [3.8, 4) is 11.5 Å². The Labute approximate surface area is 210 Å². The van der Waals surface area contributed by atoms with Gasteiger partial charge >= 0.3 is 6.03 Å². The maximum atomic E-state index is 12.9. The molecular formula is C26H32N4O6. The lowest BCUT2D eigenvalue weighted by atomic mass is 9.97. The zero-order valence-corrected chi connectivity index (χ0v) is 20.1. The molecule has 3 N–H and O–H groups in total. The second kappa shape index (κ2) is 11.0. The number of nitrogens with one attached hydrogen (secondary N) is 2. The lowest BCUT2D eigenvalue weighted by Crippen LogP contribution is -2.53. The maximum Gasteiger partial charge on any atom is 0.319 e. The summed E-state index contributed by atoms with van der Waals surface area (Å²) in [5.74, 6) is 1.29. The molecule has 2 saturated heterocycles. The quantitative estimate of drug-likeness (QED) is 0.562. The van der Waals surface area contributed by atoms with Gasteiger partial charge in [-0.3, -0.25) is 4.79 Å². The Kier molecular flexibility index (Phi) is 7.43.